The van der Waals surface area contributed by atoms with E-state index >= 15 is 0 Å². The van der Waals surface area contributed by atoms with Crippen molar-refractivity contribution >= 4 is 5.91 Å². The lowest BCUT2D eigenvalue weighted by atomic mass is 10.3. The molecule has 0 aliphatic rings. The fourth-order valence-corrected chi connectivity index (χ4v) is 1.72. The Morgan fingerprint density at radius 1 is 1.57 bits per heavy atom. The van der Waals surface area contributed by atoms with Gasteiger partial charge in [-0.2, -0.15) is 9.90 Å². The van der Waals surface area contributed by atoms with E-state index in [0.717, 1.165) is 0 Å². The summed E-state index contributed by atoms with van der Waals surface area (Å²) in [5.41, 5.74) is 0. The predicted octanol–water partition coefficient (Wildman–Crippen LogP) is -0.0714. The molecule has 3 aromatic heterocycles. The monoisotopic (exact) mass is 288 g/mol. The van der Waals surface area contributed by atoms with Crippen LogP contribution in [-0.2, 0) is 11.3 Å². The number of furan rings is 1. The van der Waals surface area contributed by atoms with Gasteiger partial charge in [0.1, 0.15) is 18.7 Å². The van der Waals surface area contributed by atoms with E-state index in [9.17, 15) is 4.79 Å². The van der Waals surface area contributed by atoms with Crippen molar-refractivity contribution in [3.8, 4) is 11.6 Å². The van der Waals surface area contributed by atoms with Gasteiger partial charge in [0.15, 0.2) is 5.76 Å². The molecule has 10 nitrogen and oxygen atoms in total. The van der Waals surface area contributed by atoms with Crippen molar-refractivity contribution in [3.05, 3.63) is 30.5 Å². The SMILES string of the molecule is CC(NC(=O)Cn1nnc(-c2ccco2)n1)c1ncn[nH]1. The van der Waals surface area contributed by atoms with E-state index in [1.807, 2.05) is 0 Å². The summed E-state index contributed by atoms with van der Waals surface area (Å²) in [6.45, 7) is 1.74. The van der Waals surface area contributed by atoms with Gasteiger partial charge in [-0.3, -0.25) is 9.89 Å². The third kappa shape index (κ3) is 2.94. The fourth-order valence-electron chi connectivity index (χ4n) is 1.72. The summed E-state index contributed by atoms with van der Waals surface area (Å²) in [5.74, 6) is 1.14. The number of nitrogens with zero attached hydrogens (tertiary/aromatic N) is 6. The quantitative estimate of drug-likeness (QED) is 0.672. The van der Waals surface area contributed by atoms with Gasteiger partial charge in [-0.1, -0.05) is 0 Å². The zero-order valence-electron chi connectivity index (χ0n) is 11.1. The van der Waals surface area contributed by atoms with E-state index < -0.39 is 0 Å². The molecule has 0 aliphatic carbocycles. The molecule has 1 atom stereocenters. The molecule has 0 radical (unpaired) electrons. The van der Waals surface area contributed by atoms with Gasteiger partial charge < -0.3 is 9.73 Å². The molecular formula is C11H12N8O2. The molecule has 0 aromatic carbocycles. The van der Waals surface area contributed by atoms with Crippen LogP contribution in [0.1, 0.15) is 18.8 Å². The minimum Gasteiger partial charge on any atom is -0.461 e. The normalized spacial score (nSPS) is 12.2. The van der Waals surface area contributed by atoms with Crippen molar-refractivity contribution in [1.82, 2.24) is 40.7 Å². The number of hydrogen-bond donors (Lipinski definition) is 2. The van der Waals surface area contributed by atoms with Crippen LogP contribution in [0.15, 0.2) is 29.1 Å². The van der Waals surface area contributed by atoms with Gasteiger partial charge in [0, 0.05) is 0 Å². The van der Waals surface area contributed by atoms with Crippen molar-refractivity contribution < 1.29 is 9.21 Å². The van der Waals surface area contributed by atoms with Crippen LogP contribution in [0.3, 0.4) is 0 Å². The Kier molecular flexibility index (Phi) is 3.41. The van der Waals surface area contributed by atoms with Crippen LogP contribution in [0, 0.1) is 0 Å². The van der Waals surface area contributed by atoms with Crippen molar-refractivity contribution in [2.24, 2.45) is 0 Å². The molecule has 3 rings (SSSR count). The highest BCUT2D eigenvalue weighted by Gasteiger charge is 2.14. The molecule has 21 heavy (non-hydrogen) atoms. The van der Waals surface area contributed by atoms with Crippen LogP contribution in [-0.4, -0.2) is 41.3 Å². The maximum Gasteiger partial charge on any atom is 0.244 e. The average molecular weight is 288 g/mol. The highest BCUT2D eigenvalue weighted by atomic mass is 16.3. The molecule has 0 saturated heterocycles. The van der Waals surface area contributed by atoms with E-state index in [4.69, 9.17) is 4.42 Å². The number of nitrogens with one attached hydrogen (secondary N) is 2. The largest absolute Gasteiger partial charge is 0.461 e. The van der Waals surface area contributed by atoms with Gasteiger partial charge in [-0.25, -0.2) is 4.98 Å². The number of hydrogen-bond acceptors (Lipinski definition) is 7. The minimum absolute atomic E-state index is 0.0494. The summed E-state index contributed by atoms with van der Waals surface area (Å²) >= 11 is 0. The first-order valence-corrected chi connectivity index (χ1v) is 6.18. The smallest absolute Gasteiger partial charge is 0.244 e. The molecule has 108 valence electrons. The van der Waals surface area contributed by atoms with E-state index in [0.29, 0.717) is 17.4 Å². The van der Waals surface area contributed by atoms with E-state index in [1.54, 1.807) is 19.1 Å². The van der Waals surface area contributed by atoms with Gasteiger partial charge in [-0.05, 0) is 24.3 Å². The Labute approximate surface area is 118 Å². The highest BCUT2D eigenvalue weighted by molar-refractivity contribution is 5.75. The van der Waals surface area contributed by atoms with E-state index in [-0.39, 0.29) is 18.5 Å². The van der Waals surface area contributed by atoms with Crippen molar-refractivity contribution in [2.45, 2.75) is 19.5 Å². The van der Waals surface area contributed by atoms with Crippen molar-refractivity contribution in [1.29, 1.82) is 0 Å². The highest BCUT2D eigenvalue weighted by Crippen LogP contribution is 2.12. The van der Waals surface area contributed by atoms with Crippen molar-refractivity contribution in [2.75, 3.05) is 0 Å². The topological polar surface area (TPSA) is 127 Å². The minimum atomic E-state index is -0.284. The Hall–Kier alpha value is -3.04. The molecule has 0 saturated carbocycles. The van der Waals surface area contributed by atoms with Crippen LogP contribution < -0.4 is 5.32 Å². The molecule has 0 fully saturated rings. The number of aromatic nitrogens is 7. The van der Waals surface area contributed by atoms with Gasteiger partial charge in [0.2, 0.25) is 11.7 Å². The van der Waals surface area contributed by atoms with Crippen LogP contribution in [0.4, 0.5) is 0 Å². The lowest BCUT2D eigenvalue weighted by Crippen LogP contribution is -2.31. The summed E-state index contributed by atoms with van der Waals surface area (Å²) in [6.07, 6.45) is 2.90. The van der Waals surface area contributed by atoms with Gasteiger partial charge in [-0.15, -0.1) is 10.2 Å². The van der Waals surface area contributed by atoms with Crippen LogP contribution in [0.5, 0.6) is 0 Å². The zero-order chi connectivity index (χ0) is 14.7. The predicted molar refractivity (Wildman–Crippen MR) is 68.5 cm³/mol. The first-order chi connectivity index (χ1) is 10.2. The lowest BCUT2D eigenvalue weighted by molar-refractivity contribution is -0.122. The Bertz CT molecular complexity index is 703. The Morgan fingerprint density at radius 2 is 2.48 bits per heavy atom. The van der Waals surface area contributed by atoms with Gasteiger partial charge >= 0.3 is 0 Å². The number of aromatic amines is 1. The molecule has 0 bridgehead atoms. The van der Waals surface area contributed by atoms with Crippen LogP contribution in [0.25, 0.3) is 11.6 Å². The fraction of sp³-hybridized carbons (Fsp3) is 0.273. The summed E-state index contributed by atoms with van der Waals surface area (Å²) in [4.78, 5) is 17.1. The number of rotatable bonds is 5. The molecule has 1 amide bonds. The van der Waals surface area contributed by atoms with E-state index in [1.165, 1.54) is 17.4 Å². The number of tetrazole rings is 1. The number of carbonyl (C=O) groups is 1. The average Bonchev–Trinajstić information content (AvgIpc) is 3.21. The second-order valence-corrected chi connectivity index (χ2v) is 4.28. The molecule has 3 aromatic rings. The second-order valence-electron chi connectivity index (χ2n) is 4.28. The zero-order valence-corrected chi connectivity index (χ0v) is 11.1. The van der Waals surface area contributed by atoms with Crippen LogP contribution >= 0.6 is 0 Å². The summed E-state index contributed by atoms with van der Waals surface area (Å²) in [6, 6.07) is 3.16. The first-order valence-electron chi connectivity index (χ1n) is 6.18. The molecular weight excluding hydrogens is 276 g/mol. The summed E-state index contributed by atoms with van der Waals surface area (Å²) in [7, 11) is 0. The van der Waals surface area contributed by atoms with Gasteiger partial charge in [0.25, 0.3) is 0 Å². The molecule has 2 N–H and O–H groups in total. The molecule has 3 heterocycles. The molecule has 0 spiro atoms. The van der Waals surface area contributed by atoms with Crippen LogP contribution in [0.2, 0.25) is 0 Å². The summed E-state index contributed by atoms with van der Waals surface area (Å²) < 4.78 is 5.15. The Balaban J connectivity index is 1.60. The maximum absolute atomic E-state index is 11.9. The molecule has 10 heteroatoms. The third-order valence-corrected chi connectivity index (χ3v) is 2.70. The maximum atomic E-state index is 11.9. The first kappa shape index (κ1) is 13.0. The number of H-pyrrole nitrogens is 1. The van der Waals surface area contributed by atoms with Crippen molar-refractivity contribution in [3.63, 3.8) is 0 Å². The Morgan fingerprint density at radius 3 is 3.19 bits per heavy atom. The standard InChI is InChI=1S/C11H12N8O2/c1-7(10-12-6-13-15-10)14-9(20)5-19-17-11(16-18-19)8-3-2-4-21-8/h2-4,6-7H,5H2,1H3,(H,14,20)(H,12,13,15). The summed E-state index contributed by atoms with van der Waals surface area (Å²) in [5, 5.41) is 20.9. The van der Waals surface area contributed by atoms with E-state index in [2.05, 4.69) is 35.9 Å². The molecule has 1 unspecified atom stereocenters. The number of carbonyl (C=O) groups excluding carboxylic acids is 1. The lowest BCUT2D eigenvalue weighted by Gasteiger charge is -2.09. The van der Waals surface area contributed by atoms with Gasteiger partial charge in [0.05, 0.1) is 12.3 Å². The molecule has 0 aliphatic heterocycles. The number of amides is 1. The second kappa shape index (κ2) is 5.53. The third-order valence-electron chi connectivity index (χ3n) is 2.70.